The molecule has 304 valence electrons. The lowest BCUT2D eigenvalue weighted by Crippen LogP contribution is -2.62. The molecule has 54 heavy (non-hydrogen) atoms. The van der Waals surface area contributed by atoms with Gasteiger partial charge in [0.25, 0.3) is 0 Å². The maximum Gasteiger partial charge on any atom is 0.243 e. The van der Waals surface area contributed by atoms with E-state index in [2.05, 4.69) is 31.9 Å². The van der Waals surface area contributed by atoms with Gasteiger partial charge in [0.2, 0.25) is 41.4 Å². The molecule has 0 radical (unpaired) electrons. The van der Waals surface area contributed by atoms with Crippen LogP contribution in [0.5, 0.6) is 5.75 Å². The average molecular weight is 761 g/mol. The van der Waals surface area contributed by atoms with Gasteiger partial charge in [-0.2, -0.15) is 0 Å². The SMILES string of the molecule is CC[C@H](C)[C@H](NC(=O)[C@@H](NC(=O)[C@@H](NC(C)=O)C(C)C)C(C)C)C(=O)N[C@H](C(=O)N[C@@H](Cc1ccc(O)cc1)C(=O)N[C@@H](CCCCN)C(N)=O)C(C)C. The number of nitrogens with one attached hydrogen (secondary N) is 6. The predicted molar refractivity (Wildman–Crippen MR) is 205 cm³/mol. The maximum absolute atomic E-state index is 13.9. The van der Waals surface area contributed by atoms with E-state index in [9.17, 15) is 38.7 Å². The smallest absolute Gasteiger partial charge is 0.243 e. The molecule has 7 amide bonds. The largest absolute Gasteiger partial charge is 0.508 e. The summed E-state index contributed by atoms with van der Waals surface area (Å²) in [4.78, 5) is 92.2. The number of rotatable bonds is 23. The molecule has 1 rings (SSSR count). The van der Waals surface area contributed by atoms with Crippen molar-refractivity contribution in [3.05, 3.63) is 29.8 Å². The number of carbonyl (C=O) groups is 7. The maximum atomic E-state index is 13.9. The van der Waals surface area contributed by atoms with Crippen molar-refractivity contribution in [2.24, 2.45) is 35.1 Å². The summed E-state index contributed by atoms with van der Waals surface area (Å²) >= 11 is 0. The monoisotopic (exact) mass is 760 g/mol. The Bertz CT molecular complexity index is 1420. The summed E-state index contributed by atoms with van der Waals surface area (Å²) in [5.74, 6) is -5.81. The fourth-order valence-electron chi connectivity index (χ4n) is 5.64. The molecule has 7 atom stereocenters. The Kier molecular flexibility index (Phi) is 20.3. The van der Waals surface area contributed by atoms with Crippen LogP contribution in [0.3, 0.4) is 0 Å². The zero-order valence-corrected chi connectivity index (χ0v) is 33.3. The Morgan fingerprint density at radius 3 is 1.46 bits per heavy atom. The summed E-state index contributed by atoms with van der Waals surface area (Å²) in [6.45, 7) is 15.7. The summed E-state index contributed by atoms with van der Waals surface area (Å²) in [7, 11) is 0. The number of phenolic OH excluding ortho intramolecular Hbond substituents is 1. The standard InChI is InChI=1S/C38H64N8O8/c1-10-23(8)32(46-37(53)31(22(6)7)44-36(52)29(20(2)3)41-24(9)47)38(54)45-30(21(4)5)35(51)43-28(19-25-14-16-26(48)17-15-25)34(50)42-27(33(40)49)13-11-12-18-39/h14-17,20-23,27-32,48H,10-13,18-19,39H2,1-9H3,(H2,40,49)(H,41,47)(H,42,50)(H,43,51)(H,44,52)(H,45,54)(H,46,53)/t23-,27-,28-,29-,30-,31-,32-/m0/s1. The van der Waals surface area contributed by atoms with Crippen molar-refractivity contribution < 1.29 is 38.7 Å². The van der Waals surface area contributed by atoms with Crippen molar-refractivity contribution in [1.82, 2.24) is 31.9 Å². The lowest BCUT2D eigenvalue weighted by atomic mass is 9.94. The van der Waals surface area contributed by atoms with Crippen molar-refractivity contribution in [1.29, 1.82) is 0 Å². The van der Waals surface area contributed by atoms with Gasteiger partial charge in [-0.25, -0.2) is 0 Å². The molecule has 0 fully saturated rings. The van der Waals surface area contributed by atoms with Crippen LogP contribution in [0.1, 0.15) is 93.6 Å². The van der Waals surface area contributed by atoms with Gasteiger partial charge in [0.15, 0.2) is 0 Å². The molecule has 1 aromatic carbocycles. The number of nitrogens with two attached hydrogens (primary N) is 2. The Morgan fingerprint density at radius 2 is 1.04 bits per heavy atom. The Balaban J connectivity index is 3.33. The number of hydrogen-bond acceptors (Lipinski definition) is 9. The summed E-state index contributed by atoms with van der Waals surface area (Å²) in [5.41, 5.74) is 11.7. The molecule has 11 N–H and O–H groups in total. The van der Waals surface area contributed by atoms with Crippen LogP contribution in [0.4, 0.5) is 0 Å². The first-order chi connectivity index (χ1) is 25.2. The summed E-state index contributed by atoms with van der Waals surface area (Å²) in [6.07, 6.45) is 1.87. The second-order valence-electron chi connectivity index (χ2n) is 14.9. The molecule has 0 aromatic heterocycles. The Morgan fingerprint density at radius 1 is 0.611 bits per heavy atom. The van der Waals surface area contributed by atoms with E-state index in [0.717, 1.165) is 0 Å². The highest BCUT2D eigenvalue weighted by molar-refractivity contribution is 5.97. The van der Waals surface area contributed by atoms with Gasteiger partial charge >= 0.3 is 0 Å². The zero-order valence-electron chi connectivity index (χ0n) is 33.3. The summed E-state index contributed by atoms with van der Waals surface area (Å²) in [5, 5.41) is 26.0. The molecular formula is C38H64N8O8. The average Bonchev–Trinajstić information content (AvgIpc) is 3.09. The number of aromatic hydroxyl groups is 1. The predicted octanol–water partition coefficient (Wildman–Crippen LogP) is 0.492. The molecule has 16 nitrogen and oxygen atoms in total. The molecule has 0 aliphatic carbocycles. The van der Waals surface area contributed by atoms with Crippen molar-refractivity contribution in [2.45, 2.75) is 131 Å². The number of carbonyl (C=O) groups excluding carboxylic acids is 7. The van der Waals surface area contributed by atoms with Crippen molar-refractivity contribution in [2.75, 3.05) is 6.54 Å². The van der Waals surface area contributed by atoms with Gasteiger partial charge in [0.05, 0.1) is 0 Å². The van der Waals surface area contributed by atoms with E-state index in [1.807, 2.05) is 6.92 Å². The van der Waals surface area contributed by atoms with E-state index in [1.165, 1.54) is 19.1 Å². The van der Waals surface area contributed by atoms with Crippen LogP contribution in [0, 0.1) is 23.7 Å². The Labute approximate surface area is 319 Å². The van der Waals surface area contributed by atoms with Gasteiger partial charge in [-0.15, -0.1) is 0 Å². The third-order valence-corrected chi connectivity index (χ3v) is 9.21. The van der Waals surface area contributed by atoms with E-state index in [1.54, 1.807) is 60.6 Å². The van der Waals surface area contributed by atoms with Crippen molar-refractivity contribution in [3.8, 4) is 5.75 Å². The first kappa shape index (κ1) is 47.3. The second-order valence-corrected chi connectivity index (χ2v) is 14.9. The third-order valence-electron chi connectivity index (χ3n) is 9.21. The van der Waals surface area contributed by atoms with E-state index in [4.69, 9.17) is 11.5 Å². The summed E-state index contributed by atoms with van der Waals surface area (Å²) in [6, 6.07) is -0.350. The highest BCUT2D eigenvalue weighted by Crippen LogP contribution is 2.15. The van der Waals surface area contributed by atoms with Crippen molar-refractivity contribution in [3.63, 3.8) is 0 Å². The molecule has 0 heterocycles. The number of amides is 7. The first-order valence-corrected chi connectivity index (χ1v) is 18.8. The number of unbranched alkanes of at least 4 members (excludes halogenated alkanes) is 1. The lowest BCUT2D eigenvalue weighted by molar-refractivity contribution is -0.137. The van der Waals surface area contributed by atoms with Crippen LogP contribution >= 0.6 is 0 Å². The number of primary amides is 1. The first-order valence-electron chi connectivity index (χ1n) is 18.8. The van der Waals surface area contributed by atoms with Crippen LogP contribution in [0.25, 0.3) is 0 Å². The van der Waals surface area contributed by atoms with Gasteiger partial charge in [-0.3, -0.25) is 33.6 Å². The molecule has 0 unspecified atom stereocenters. The summed E-state index contributed by atoms with van der Waals surface area (Å²) < 4.78 is 0. The molecule has 0 aliphatic heterocycles. The number of hydrogen-bond donors (Lipinski definition) is 9. The normalized spacial score (nSPS) is 15.2. The fourth-order valence-corrected chi connectivity index (χ4v) is 5.64. The Hall–Kier alpha value is -4.73. The minimum Gasteiger partial charge on any atom is -0.508 e. The molecule has 0 saturated carbocycles. The highest BCUT2D eigenvalue weighted by atomic mass is 16.3. The minimum absolute atomic E-state index is 0.00913. The fraction of sp³-hybridized carbons (Fsp3) is 0.658. The molecule has 16 heteroatoms. The molecule has 0 spiro atoms. The zero-order chi connectivity index (χ0) is 41.3. The van der Waals surface area contributed by atoms with E-state index >= 15 is 0 Å². The van der Waals surface area contributed by atoms with Gasteiger partial charge in [-0.1, -0.05) is 73.9 Å². The van der Waals surface area contributed by atoms with E-state index in [0.29, 0.717) is 31.4 Å². The van der Waals surface area contributed by atoms with Gasteiger partial charge in [-0.05, 0) is 67.2 Å². The van der Waals surface area contributed by atoms with Gasteiger partial charge in [0.1, 0.15) is 42.0 Å². The quantitative estimate of drug-likeness (QED) is 0.0702. The molecule has 0 saturated heterocycles. The van der Waals surface area contributed by atoms with Crippen molar-refractivity contribution >= 4 is 41.4 Å². The van der Waals surface area contributed by atoms with Gasteiger partial charge in [0, 0.05) is 13.3 Å². The second kappa shape index (κ2) is 23.1. The van der Waals surface area contributed by atoms with Crippen LogP contribution in [-0.2, 0) is 40.0 Å². The van der Waals surface area contributed by atoms with Crippen LogP contribution < -0.4 is 43.4 Å². The molecular weight excluding hydrogens is 696 g/mol. The van der Waals surface area contributed by atoms with Crippen LogP contribution in [-0.4, -0.2) is 89.3 Å². The number of phenols is 1. The molecule has 0 aliphatic rings. The third kappa shape index (κ3) is 15.7. The van der Waals surface area contributed by atoms with E-state index < -0.39 is 89.4 Å². The lowest BCUT2D eigenvalue weighted by Gasteiger charge is -2.31. The van der Waals surface area contributed by atoms with Crippen LogP contribution in [0.2, 0.25) is 0 Å². The molecule has 0 bridgehead atoms. The number of benzene rings is 1. The van der Waals surface area contributed by atoms with E-state index in [-0.39, 0.29) is 30.4 Å². The van der Waals surface area contributed by atoms with Crippen LogP contribution in [0.15, 0.2) is 24.3 Å². The minimum atomic E-state index is -1.20. The highest BCUT2D eigenvalue weighted by Gasteiger charge is 2.36. The topological polar surface area (TPSA) is 264 Å². The molecule has 1 aromatic rings. The van der Waals surface area contributed by atoms with Gasteiger partial charge < -0.3 is 48.5 Å².